The van der Waals surface area contributed by atoms with Gasteiger partial charge in [-0.05, 0) is 12.8 Å². The van der Waals surface area contributed by atoms with Crippen LogP contribution in [-0.2, 0) is 19.1 Å². The molecule has 4 heteroatoms. The standard InChI is InChI=1S/C8H12O4/c1-3-5-7(9)12-6(4-2)8(10)11-5/h5-6H,3-4H2,1-2H3/t5-,6+. The molecule has 0 saturated carbocycles. The molecule has 0 spiro atoms. The molecule has 2 atom stereocenters. The van der Waals surface area contributed by atoms with E-state index in [0.29, 0.717) is 12.8 Å². The van der Waals surface area contributed by atoms with E-state index in [1.807, 2.05) is 0 Å². The quantitative estimate of drug-likeness (QED) is 0.574. The van der Waals surface area contributed by atoms with Crippen LogP contribution < -0.4 is 0 Å². The van der Waals surface area contributed by atoms with Crippen LogP contribution in [0.4, 0.5) is 0 Å². The zero-order valence-corrected chi connectivity index (χ0v) is 7.20. The highest BCUT2D eigenvalue weighted by Gasteiger charge is 2.35. The van der Waals surface area contributed by atoms with E-state index in [-0.39, 0.29) is 0 Å². The summed E-state index contributed by atoms with van der Waals surface area (Å²) in [5, 5.41) is 0. The van der Waals surface area contributed by atoms with Crippen LogP contribution >= 0.6 is 0 Å². The summed E-state index contributed by atoms with van der Waals surface area (Å²) in [6, 6.07) is 0. The Labute approximate surface area is 70.8 Å². The molecule has 1 heterocycles. The van der Waals surface area contributed by atoms with Gasteiger partial charge in [-0.2, -0.15) is 0 Å². The van der Waals surface area contributed by atoms with Gasteiger partial charge in [-0.1, -0.05) is 13.8 Å². The summed E-state index contributed by atoms with van der Waals surface area (Å²) < 4.78 is 9.68. The highest BCUT2D eigenvalue weighted by atomic mass is 16.6. The predicted octanol–water partition coefficient (Wildman–Crippen LogP) is 0.644. The molecular weight excluding hydrogens is 160 g/mol. The maximum atomic E-state index is 11.0. The molecule has 0 aliphatic carbocycles. The normalized spacial score (nSPS) is 29.5. The Balaban J connectivity index is 2.61. The first-order valence-corrected chi connectivity index (χ1v) is 4.10. The third-order valence-corrected chi connectivity index (χ3v) is 1.78. The smallest absolute Gasteiger partial charge is 0.348 e. The average molecular weight is 172 g/mol. The minimum atomic E-state index is -0.694. The molecule has 0 bridgehead atoms. The summed E-state index contributed by atoms with van der Waals surface area (Å²) in [5.74, 6) is -0.854. The Kier molecular flexibility index (Phi) is 2.68. The Morgan fingerprint density at radius 3 is 1.58 bits per heavy atom. The first-order valence-electron chi connectivity index (χ1n) is 4.10. The predicted molar refractivity (Wildman–Crippen MR) is 40.3 cm³/mol. The van der Waals surface area contributed by atoms with E-state index in [1.54, 1.807) is 13.8 Å². The van der Waals surface area contributed by atoms with Crippen molar-refractivity contribution in [2.24, 2.45) is 0 Å². The number of esters is 2. The molecular formula is C8H12O4. The van der Waals surface area contributed by atoms with Crippen LogP contribution in [0.25, 0.3) is 0 Å². The van der Waals surface area contributed by atoms with E-state index in [0.717, 1.165) is 0 Å². The van der Waals surface area contributed by atoms with E-state index in [9.17, 15) is 9.59 Å². The van der Waals surface area contributed by atoms with Crippen LogP contribution in [0, 0.1) is 0 Å². The number of carbonyl (C=O) groups is 2. The average Bonchev–Trinajstić information content (AvgIpc) is 2.08. The van der Waals surface area contributed by atoms with E-state index in [4.69, 9.17) is 9.47 Å². The van der Waals surface area contributed by atoms with Crippen molar-refractivity contribution >= 4 is 11.9 Å². The lowest BCUT2D eigenvalue weighted by Crippen LogP contribution is -2.43. The van der Waals surface area contributed by atoms with Crippen molar-refractivity contribution in [3.8, 4) is 0 Å². The molecule has 1 aliphatic rings. The highest BCUT2D eigenvalue weighted by Crippen LogP contribution is 2.14. The van der Waals surface area contributed by atoms with Crippen LogP contribution in [-0.4, -0.2) is 24.1 Å². The van der Waals surface area contributed by atoms with E-state index < -0.39 is 24.1 Å². The lowest BCUT2D eigenvalue weighted by molar-refractivity contribution is -0.195. The highest BCUT2D eigenvalue weighted by molar-refractivity contribution is 5.87. The fraction of sp³-hybridized carbons (Fsp3) is 0.750. The van der Waals surface area contributed by atoms with Crippen molar-refractivity contribution in [1.29, 1.82) is 0 Å². The minimum absolute atomic E-state index is 0.427. The van der Waals surface area contributed by atoms with E-state index >= 15 is 0 Å². The van der Waals surface area contributed by atoms with Gasteiger partial charge in [0.15, 0.2) is 12.2 Å². The minimum Gasteiger partial charge on any atom is -0.448 e. The number of hydrogen-bond acceptors (Lipinski definition) is 4. The van der Waals surface area contributed by atoms with Gasteiger partial charge in [-0.3, -0.25) is 0 Å². The van der Waals surface area contributed by atoms with Gasteiger partial charge in [-0.25, -0.2) is 9.59 Å². The summed E-state index contributed by atoms with van der Waals surface area (Å²) >= 11 is 0. The van der Waals surface area contributed by atoms with Crippen LogP contribution in [0.1, 0.15) is 26.7 Å². The number of hydrogen-bond donors (Lipinski definition) is 0. The maximum Gasteiger partial charge on any atom is 0.348 e. The molecule has 1 fully saturated rings. The van der Waals surface area contributed by atoms with Crippen molar-refractivity contribution in [1.82, 2.24) is 0 Å². The fourth-order valence-electron chi connectivity index (χ4n) is 1.03. The van der Waals surface area contributed by atoms with E-state index in [1.165, 1.54) is 0 Å². The van der Waals surface area contributed by atoms with Crippen molar-refractivity contribution in [3.63, 3.8) is 0 Å². The van der Waals surface area contributed by atoms with Gasteiger partial charge in [0.2, 0.25) is 0 Å². The number of rotatable bonds is 2. The fourth-order valence-corrected chi connectivity index (χ4v) is 1.03. The molecule has 0 aromatic carbocycles. The summed E-state index contributed by atoms with van der Waals surface area (Å²) in [4.78, 5) is 22.1. The van der Waals surface area contributed by atoms with E-state index in [2.05, 4.69) is 0 Å². The monoisotopic (exact) mass is 172 g/mol. The van der Waals surface area contributed by atoms with Crippen LogP contribution in [0.3, 0.4) is 0 Å². The van der Waals surface area contributed by atoms with Crippen LogP contribution in [0.2, 0.25) is 0 Å². The summed E-state index contributed by atoms with van der Waals surface area (Å²) in [5.41, 5.74) is 0. The second-order valence-corrected chi connectivity index (χ2v) is 2.67. The Bertz CT molecular complexity index is 177. The SMILES string of the molecule is CC[C@@H]1OC(=O)[C@@H](CC)OC1=O. The molecule has 68 valence electrons. The molecule has 0 aromatic heterocycles. The molecule has 1 rings (SSSR count). The van der Waals surface area contributed by atoms with Crippen LogP contribution in [0.5, 0.6) is 0 Å². The van der Waals surface area contributed by atoms with Crippen molar-refractivity contribution in [2.45, 2.75) is 38.9 Å². The second kappa shape index (κ2) is 3.56. The molecule has 0 radical (unpaired) electrons. The molecule has 0 amide bonds. The maximum absolute atomic E-state index is 11.0. The molecule has 0 N–H and O–H groups in total. The third-order valence-electron chi connectivity index (χ3n) is 1.78. The molecule has 1 aliphatic heterocycles. The van der Waals surface area contributed by atoms with Gasteiger partial charge in [0.05, 0.1) is 0 Å². The first-order chi connectivity index (χ1) is 5.69. The second-order valence-electron chi connectivity index (χ2n) is 2.67. The molecule has 1 saturated heterocycles. The third kappa shape index (κ3) is 1.57. The van der Waals surface area contributed by atoms with Crippen LogP contribution in [0.15, 0.2) is 0 Å². The molecule has 0 unspecified atom stereocenters. The molecule has 4 nitrogen and oxygen atoms in total. The summed E-state index contributed by atoms with van der Waals surface area (Å²) in [6.07, 6.45) is -0.442. The summed E-state index contributed by atoms with van der Waals surface area (Å²) in [6.45, 7) is 3.54. The van der Waals surface area contributed by atoms with Gasteiger partial charge < -0.3 is 9.47 Å². The van der Waals surface area contributed by atoms with Gasteiger partial charge in [0, 0.05) is 0 Å². The number of ether oxygens (including phenoxy) is 2. The van der Waals surface area contributed by atoms with Gasteiger partial charge in [-0.15, -0.1) is 0 Å². The molecule has 0 aromatic rings. The zero-order valence-electron chi connectivity index (χ0n) is 7.20. The van der Waals surface area contributed by atoms with Crippen molar-refractivity contribution in [3.05, 3.63) is 0 Å². The number of carbonyl (C=O) groups excluding carboxylic acids is 2. The topological polar surface area (TPSA) is 52.6 Å². The van der Waals surface area contributed by atoms with Gasteiger partial charge >= 0.3 is 11.9 Å². The van der Waals surface area contributed by atoms with Crippen molar-refractivity contribution < 1.29 is 19.1 Å². The lowest BCUT2D eigenvalue weighted by Gasteiger charge is -2.25. The number of cyclic esters (lactones) is 2. The summed E-state index contributed by atoms with van der Waals surface area (Å²) in [7, 11) is 0. The Hall–Kier alpha value is -1.06. The lowest BCUT2D eigenvalue weighted by atomic mass is 10.2. The van der Waals surface area contributed by atoms with Gasteiger partial charge in [0.1, 0.15) is 0 Å². The first kappa shape index (κ1) is 9.03. The Morgan fingerprint density at radius 1 is 1.00 bits per heavy atom. The Morgan fingerprint density at radius 2 is 1.33 bits per heavy atom. The zero-order chi connectivity index (χ0) is 9.14. The van der Waals surface area contributed by atoms with Crippen molar-refractivity contribution in [2.75, 3.05) is 0 Å². The van der Waals surface area contributed by atoms with Gasteiger partial charge in [0.25, 0.3) is 0 Å². The largest absolute Gasteiger partial charge is 0.448 e. The molecule has 12 heavy (non-hydrogen) atoms.